The molecule has 4 rings (SSSR count). The van der Waals surface area contributed by atoms with Crippen molar-refractivity contribution >= 4 is 23.5 Å². The second-order valence-electron chi connectivity index (χ2n) is 7.88. The first-order chi connectivity index (χ1) is 16.5. The Hall–Kier alpha value is -4.13. The number of esters is 1. The number of carbonyl (C=O) groups excluding carboxylic acids is 3. The Kier molecular flexibility index (Phi) is 7.22. The topological polar surface area (TPSA) is 84.9 Å². The normalized spacial score (nSPS) is 12.6. The van der Waals surface area contributed by atoms with Crippen molar-refractivity contribution in [1.29, 1.82) is 0 Å². The highest BCUT2D eigenvalue weighted by atomic mass is 16.5. The summed E-state index contributed by atoms with van der Waals surface area (Å²) in [6.45, 7) is 2.99. The molecule has 0 aromatic heterocycles. The summed E-state index contributed by atoms with van der Waals surface area (Å²) in [5, 5.41) is 2.74. The minimum atomic E-state index is -0.408. The highest BCUT2D eigenvalue weighted by Crippen LogP contribution is 2.29. The molecule has 7 heteroatoms. The molecule has 3 aromatic rings. The summed E-state index contributed by atoms with van der Waals surface area (Å²) in [5.74, 6) is -0.247. The molecule has 1 N–H and O–H groups in total. The number of hydrogen-bond acceptors (Lipinski definition) is 5. The first-order valence-corrected chi connectivity index (χ1v) is 11.2. The van der Waals surface area contributed by atoms with Gasteiger partial charge in [0.15, 0.2) is 6.61 Å². The van der Waals surface area contributed by atoms with Crippen LogP contribution in [0.1, 0.15) is 38.8 Å². The van der Waals surface area contributed by atoms with E-state index in [-0.39, 0.29) is 18.4 Å². The SMILES string of the molecule is CCOC(=O)c1ccc(NC(=O)COc2cccc3c2CCN(Cc2ccccc2)C3=O)cc1. The third-order valence-corrected chi connectivity index (χ3v) is 5.54. The van der Waals surface area contributed by atoms with Crippen molar-refractivity contribution in [2.24, 2.45) is 0 Å². The first-order valence-electron chi connectivity index (χ1n) is 11.2. The maximum absolute atomic E-state index is 13.0. The molecule has 0 radical (unpaired) electrons. The van der Waals surface area contributed by atoms with Crippen LogP contribution < -0.4 is 10.1 Å². The fourth-order valence-corrected chi connectivity index (χ4v) is 3.88. The van der Waals surface area contributed by atoms with Gasteiger partial charge in [-0.25, -0.2) is 4.79 Å². The third kappa shape index (κ3) is 5.43. The van der Waals surface area contributed by atoms with Crippen LogP contribution in [0, 0.1) is 0 Å². The van der Waals surface area contributed by atoms with E-state index in [0.717, 1.165) is 11.1 Å². The Balaban J connectivity index is 1.36. The van der Waals surface area contributed by atoms with E-state index in [1.165, 1.54) is 0 Å². The van der Waals surface area contributed by atoms with E-state index in [1.807, 2.05) is 35.2 Å². The minimum absolute atomic E-state index is 0.0401. The van der Waals surface area contributed by atoms with Gasteiger partial charge in [0.1, 0.15) is 5.75 Å². The Labute approximate surface area is 198 Å². The van der Waals surface area contributed by atoms with Gasteiger partial charge >= 0.3 is 5.97 Å². The maximum atomic E-state index is 13.0. The van der Waals surface area contributed by atoms with Crippen molar-refractivity contribution in [2.75, 3.05) is 25.1 Å². The second-order valence-corrected chi connectivity index (χ2v) is 7.88. The molecule has 0 unspecified atom stereocenters. The number of nitrogens with one attached hydrogen (secondary N) is 1. The van der Waals surface area contributed by atoms with Gasteiger partial charge in [0.25, 0.3) is 11.8 Å². The van der Waals surface area contributed by atoms with Crippen LogP contribution in [-0.2, 0) is 22.5 Å². The van der Waals surface area contributed by atoms with E-state index in [0.29, 0.717) is 48.7 Å². The number of hydrogen-bond donors (Lipinski definition) is 1. The molecule has 1 heterocycles. The van der Waals surface area contributed by atoms with Gasteiger partial charge in [0, 0.05) is 29.9 Å². The van der Waals surface area contributed by atoms with Crippen LogP contribution >= 0.6 is 0 Å². The number of nitrogens with zero attached hydrogens (tertiary/aromatic N) is 1. The molecule has 3 aromatic carbocycles. The largest absolute Gasteiger partial charge is 0.483 e. The summed E-state index contributed by atoms with van der Waals surface area (Å²) < 4.78 is 10.7. The fraction of sp³-hybridized carbons (Fsp3) is 0.222. The standard InChI is InChI=1S/C27H26N2O5/c1-2-33-27(32)20-11-13-21(14-12-20)28-25(30)18-34-24-10-6-9-23-22(24)15-16-29(26(23)31)17-19-7-4-3-5-8-19/h3-14H,2,15-18H2,1H3,(H,28,30). The van der Waals surface area contributed by atoms with E-state index in [2.05, 4.69) is 5.32 Å². The summed E-state index contributed by atoms with van der Waals surface area (Å²) >= 11 is 0. The average Bonchev–Trinajstić information content (AvgIpc) is 2.86. The van der Waals surface area contributed by atoms with Gasteiger partial charge in [-0.1, -0.05) is 36.4 Å². The fourth-order valence-electron chi connectivity index (χ4n) is 3.88. The van der Waals surface area contributed by atoms with Crippen LogP contribution in [0.25, 0.3) is 0 Å². The van der Waals surface area contributed by atoms with Crippen molar-refractivity contribution in [2.45, 2.75) is 19.9 Å². The number of anilines is 1. The molecule has 0 aliphatic carbocycles. The number of amides is 2. The van der Waals surface area contributed by atoms with Crippen LogP contribution in [0.3, 0.4) is 0 Å². The predicted molar refractivity (Wildman–Crippen MR) is 128 cm³/mol. The minimum Gasteiger partial charge on any atom is -0.483 e. The zero-order valence-electron chi connectivity index (χ0n) is 19.0. The van der Waals surface area contributed by atoms with Gasteiger partial charge < -0.3 is 19.7 Å². The molecular weight excluding hydrogens is 432 g/mol. The lowest BCUT2D eigenvalue weighted by Crippen LogP contribution is -2.37. The Bertz CT molecular complexity index is 1180. The third-order valence-electron chi connectivity index (χ3n) is 5.54. The summed E-state index contributed by atoms with van der Waals surface area (Å²) in [6, 6.07) is 21.7. The monoisotopic (exact) mass is 458 g/mol. The van der Waals surface area contributed by atoms with Gasteiger partial charge in [0.05, 0.1) is 12.2 Å². The smallest absolute Gasteiger partial charge is 0.338 e. The van der Waals surface area contributed by atoms with Crippen LogP contribution in [0.4, 0.5) is 5.69 Å². The number of rotatable bonds is 8. The quantitative estimate of drug-likeness (QED) is 0.514. The lowest BCUT2D eigenvalue weighted by Gasteiger charge is -2.29. The summed E-state index contributed by atoms with van der Waals surface area (Å²) in [5.41, 5.74) is 3.47. The predicted octanol–water partition coefficient (Wildman–Crippen LogP) is 4.08. The van der Waals surface area contributed by atoms with Crippen LogP contribution in [0.2, 0.25) is 0 Å². The second kappa shape index (κ2) is 10.7. The van der Waals surface area contributed by atoms with E-state index in [4.69, 9.17) is 9.47 Å². The molecule has 2 amide bonds. The Morgan fingerprint density at radius 2 is 1.74 bits per heavy atom. The van der Waals surface area contributed by atoms with Gasteiger partial charge in [0.2, 0.25) is 0 Å². The molecule has 0 bridgehead atoms. The zero-order valence-corrected chi connectivity index (χ0v) is 19.0. The van der Waals surface area contributed by atoms with Crippen molar-refractivity contribution in [1.82, 2.24) is 4.90 Å². The molecule has 174 valence electrons. The number of ether oxygens (including phenoxy) is 2. The highest BCUT2D eigenvalue weighted by Gasteiger charge is 2.26. The summed E-state index contributed by atoms with van der Waals surface area (Å²) in [6.07, 6.45) is 0.654. The van der Waals surface area contributed by atoms with Gasteiger partial charge in [-0.15, -0.1) is 0 Å². The summed E-state index contributed by atoms with van der Waals surface area (Å²) in [4.78, 5) is 39.0. The van der Waals surface area contributed by atoms with E-state index in [1.54, 1.807) is 49.4 Å². The van der Waals surface area contributed by atoms with E-state index < -0.39 is 5.97 Å². The molecule has 0 fully saturated rings. The molecule has 7 nitrogen and oxygen atoms in total. The number of carbonyl (C=O) groups is 3. The Morgan fingerprint density at radius 3 is 2.47 bits per heavy atom. The zero-order chi connectivity index (χ0) is 23.9. The lowest BCUT2D eigenvalue weighted by atomic mass is 9.97. The Morgan fingerprint density at radius 1 is 0.971 bits per heavy atom. The lowest BCUT2D eigenvalue weighted by molar-refractivity contribution is -0.118. The molecule has 1 aliphatic heterocycles. The van der Waals surface area contributed by atoms with Crippen molar-refractivity contribution in [3.63, 3.8) is 0 Å². The first kappa shape index (κ1) is 23.0. The van der Waals surface area contributed by atoms with Crippen molar-refractivity contribution in [3.8, 4) is 5.75 Å². The van der Waals surface area contributed by atoms with E-state index in [9.17, 15) is 14.4 Å². The van der Waals surface area contributed by atoms with Crippen LogP contribution in [0.15, 0.2) is 72.8 Å². The molecule has 0 spiro atoms. The molecule has 0 saturated carbocycles. The van der Waals surface area contributed by atoms with Crippen molar-refractivity contribution in [3.05, 3.63) is 95.1 Å². The van der Waals surface area contributed by atoms with E-state index >= 15 is 0 Å². The maximum Gasteiger partial charge on any atom is 0.338 e. The molecule has 0 atom stereocenters. The van der Waals surface area contributed by atoms with Crippen molar-refractivity contribution < 1.29 is 23.9 Å². The molecule has 1 aliphatic rings. The number of fused-ring (bicyclic) bond motifs is 1. The summed E-state index contributed by atoms with van der Waals surface area (Å²) in [7, 11) is 0. The van der Waals surface area contributed by atoms with Crippen LogP contribution in [-0.4, -0.2) is 42.4 Å². The highest BCUT2D eigenvalue weighted by molar-refractivity contribution is 5.97. The van der Waals surface area contributed by atoms with Gasteiger partial charge in [-0.05, 0) is 55.3 Å². The van der Waals surface area contributed by atoms with Gasteiger partial charge in [-0.2, -0.15) is 0 Å². The molecule has 34 heavy (non-hydrogen) atoms. The molecular formula is C27H26N2O5. The molecule has 0 saturated heterocycles. The van der Waals surface area contributed by atoms with Gasteiger partial charge in [-0.3, -0.25) is 9.59 Å². The number of benzene rings is 3. The average molecular weight is 459 g/mol. The van der Waals surface area contributed by atoms with Crippen LogP contribution in [0.5, 0.6) is 5.75 Å².